The fraction of sp³-hybridized carbons (Fsp3) is 0.235. The Morgan fingerprint density at radius 1 is 1.20 bits per heavy atom. The highest BCUT2D eigenvalue weighted by Crippen LogP contribution is 2.21. The normalized spacial score (nSPS) is 12.5. The van der Waals surface area contributed by atoms with Crippen molar-refractivity contribution in [2.24, 2.45) is 0 Å². The fourth-order valence-corrected chi connectivity index (χ4v) is 1.73. The molecule has 0 aliphatic rings. The van der Waals surface area contributed by atoms with E-state index in [0.29, 0.717) is 6.04 Å². The van der Waals surface area contributed by atoms with E-state index < -0.39 is 0 Å². The molecule has 20 heavy (non-hydrogen) atoms. The molecular weight excluding hydrogens is 248 g/mol. The van der Waals surface area contributed by atoms with Gasteiger partial charge < -0.3 is 10.1 Å². The second-order valence-electron chi connectivity index (χ2n) is 4.70. The van der Waals surface area contributed by atoms with Crippen LogP contribution in [-0.2, 0) is 0 Å². The zero-order chi connectivity index (χ0) is 14.2. The predicted molar refractivity (Wildman–Crippen MR) is 82.9 cm³/mol. The van der Waals surface area contributed by atoms with Crippen molar-refractivity contribution in [1.29, 1.82) is 0 Å². The molecule has 1 aromatic heterocycles. The molecule has 1 atom stereocenters. The maximum Gasteiger partial charge on any atom is 0.146 e. The van der Waals surface area contributed by atoms with Crippen molar-refractivity contribution >= 4 is 6.08 Å². The lowest BCUT2D eigenvalue weighted by Gasteiger charge is -2.06. The van der Waals surface area contributed by atoms with Crippen molar-refractivity contribution in [3.63, 3.8) is 0 Å². The lowest BCUT2D eigenvalue weighted by atomic mass is 10.2. The summed E-state index contributed by atoms with van der Waals surface area (Å²) in [5.41, 5.74) is 1.04. The van der Waals surface area contributed by atoms with Crippen LogP contribution in [0.5, 0.6) is 11.5 Å². The summed E-state index contributed by atoms with van der Waals surface area (Å²) in [7, 11) is 1.97. The predicted octanol–water partition coefficient (Wildman–Crippen LogP) is 3.89. The van der Waals surface area contributed by atoms with Gasteiger partial charge in [-0.15, -0.1) is 0 Å². The molecule has 0 saturated carbocycles. The largest absolute Gasteiger partial charge is 0.456 e. The molecular formula is C17H20N2O. The Kier molecular flexibility index (Phi) is 5.33. The van der Waals surface area contributed by atoms with Crippen LogP contribution in [-0.4, -0.2) is 18.1 Å². The molecule has 0 amide bonds. The summed E-state index contributed by atoms with van der Waals surface area (Å²) in [6.07, 6.45) is 8.75. The average Bonchev–Trinajstić information content (AvgIpc) is 2.48. The molecule has 3 heteroatoms. The van der Waals surface area contributed by atoms with Crippen LogP contribution in [0.25, 0.3) is 6.08 Å². The molecule has 104 valence electrons. The third kappa shape index (κ3) is 4.52. The number of para-hydroxylation sites is 1. The van der Waals surface area contributed by atoms with Crippen molar-refractivity contribution in [3.05, 3.63) is 60.4 Å². The van der Waals surface area contributed by atoms with Gasteiger partial charge in [0.2, 0.25) is 0 Å². The van der Waals surface area contributed by atoms with E-state index in [4.69, 9.17) is 4.74 Å². The van der Waals surface area contributed by atoms with E-state index in [2.05, 4.69) is 29.4 Å². The molecule has 0 saturated heterocycles. The van der Waals surface area contributed by atoms with E-state index in [0.717, 1.165) is 23.5 Å². The second kappa shape index (κ2) is 7.46. The third-order valence-corrected chi connectivity index (χ3v) is 3.01. The molecule has 0 aliphatic heterocycles. The lowest BCUT2D eigenvalue weighted by molar-refractivity contribution is 0.480. The van der Waals surface area contributed by atoms with Gasteiger partial charge in [-0.1, -0.05) is 30.4 Å². The highest BCUT2D eigenvalue weighted by atomic mass is 16.5. The van der Waals surface area contributed by atoms with Gasteiger partial charge in [0.1, 0.15) is 11.5 Å². The zero-order valence-corrected chi connectivity index (χ0v) is 11.9. The van der Waals surface area contributed by atoms with Gasteiger partial charge in [0.25, 0.3) is 0 Å². The number of hydrogen-bond acceptors (Lipinski definition) is 3. The van der Waals surface area contributed by atoms with Crippen LogP contribution >= 0.6 is 0 Å². The summed E-state index contributed by atoms with van der Waals surface area (Å²) < 4.78 is 5.76. The Labute approximate surface area is 120 Å². The molecule has 0 radical (unpaired) electrons. The quantitative estimate of drug-likeness (QED) is 0.863. The number of nitrogens with zero attached hydrogens (tertiary/aromatic N) is 1. The molecule has 0 unspecified atom stereocenters. The fourth-order valence-electron chi connectivity index (χ4n) is 1.73. The van der Waals surface area contributed by atoms with E-state index in [-0.39, 0.29) is 0 Å². The van der Waals surface area contributed by atoms with E-state index in [1.165, 1.54) is 0 Å². The number of pyridine rings is 1. The molecule has 0 aliphatic carbocycles. The summed E-state index contributed by atoms with van der Waals surface area (Å²) in [6.45, 7) is 2.15. The highest BCUT2D eigenvalue weighted by Gasteiger charge is 1.98. The second-order valence-corrected chi connectivity index (χ2v) is 4.70. The first-order chi connectivity index (χ1) is 9.78. The van der Waals surface area contributed by atoms with Crippen LogP contribution in [0.4, 0.5) is 0 Å². The van der Waals surface area contributed by atoms with Crippen molar-refractivity contribution < 1.29 is 4.74 Å². The van der Waals surface area contributed by atoms with Crippen LogP contribution in [0.15, 0.2) is 54.9 Å². The van der Waals surface area contributed by atoms with Gasteiger partial charge in [-0.2, -0.15) is 0 Å². The number of rotatable bonds is 6. The molecule has 0 bridgehead atoms. The SMILES string of the molecule is CN[C@H](C)CC=Cc1cncc(Oc2ccccc2)c1. The molecule has 2 rings (SSSR count). The van der Waals surface area contributed by atoms with Gasteiger partial charge in [0.15, 0.2) is 0 Å². The van der Waals surface area contributed by atoms with Gasteiger partial charge in [-0.25, -0.2) is 0 Å². The minimum absolute atomic E-state index is 0.475. The van der Waals surface area contributed by atoms with E-state index >= 15 is 0 Å². The molecule has 0 fully saturated rings. The Bertz CT molecular complexity index is 552. The molecule has 0 spiro atoms. The van der Waals surface area contributed by atoms with Crippen LogP contribution in [0.3, 0.4) is 0 Å². The Morgan fingerprint density at radius 2 is 2.00 bits per heavy atom. The van der Waals surface area contributed by atoms with Crippen LogP contribution in [0.1, 0.15) is 18.9 Å². The summed E-state index contributed by atoms with van der Waals surface area (Å²) in [4.78, 5) is 4.21. The Morgan fingerprint density at radius 3 is 2.75 bits per heavy atom. The maximum atomic E-state index is 5.76. The van der Waals surface area contributed by atoms with Crippen molar-refractivity contribution in [2.45, 2.75) is 19.4 Å². The monoisotopic (exact) mass is 268 g/mol. The Balaban J connectivity index is 2.01. The van der Waals surface area contributed by atoms with Crippen molar-refractivity contribution in [2.75, 3.05) is 7.05 Å². The van der Waals surface area contributed by atoms with Gasteiger partial charge in [-0.3, -0.25) is 4.98 Å². The van der Waals surface area contributed by atoms with Crippen molar-refractivity contribution in [3.8, 4) is 11.5 Å². The minimum Gasteiger partial charge on any atom is -0.456 e. The number of aromatic nitrogens is 1. The maximum absolute atomic E-state index is 5.76. The molecule has 1 N–H and O–H groups in total. The molecule has 1 heterocycles. The first kappa shape index (κ1) is 14.3. The van der Waals surface area contributed by atoms with Crippen molar-refractivity contribution in [1.82, 2.24) is 10.3 Å². The molecule has 2 aromatic rings. The average molecular weight is 268 g/mol. The summed E-state index contributed by atoms with van der Waals surface area (Å²) in [6, 6.07) is 12.2. The molecule has 3 nitrogen and oxygen atoms in total. The van der Waals surface area contributed by atoms with Gasteiger partial charge in [0.05, 0.1) is 6.20 Å². The van der Waals surface area contributed by atoms with Crippen LogP contribution < -0.4 is 10.1 Å². The van der Waals surface area contributed by atoms with Gasteiger partial charge in [0, 0.05) is 12.2 Å². The standard InChI is InChI=1S/C17H20N2O/c1-14(18-2)7-6-8-15-11-17(13-19-12-15)20-16-9-4-3-5-10-16/h3-6,8-14,18H,7H2,1-2H3/t14-/m1/s1. The third-order valence-electron chi connectivity index (χ3n) is 3.01. The number of hydrogen-bond donors (Lipinski definition) is 1. The van der Waals surface area contributed by atoms with E-state index in [1.54, 1.807) is 6.20 Å². The number of ether oxygens (including phenoxy) is 1. The smallest absolute Gasteiger partial charge is 0.146 e. The number of benzene rings is 1. The summed E-state index contributed by atoms with van der Waals surface area (Å²) >= 11 is 0. The topological polar surface area (TPSA) is 34.2 Å². The Hall–Kier alpha value is -2.13. The van der Waals surface area contributed by atoms with E-state index in [1.807, 2.05) is 49.6 Å². The highest BCUT2D eigenvalue weighted by molar-refractivity contribution is 5.50. The van der Waals surface area contributed by atoms with Gasteiger partial charge >= 0.3 is 0 Å². The van der Waals surface area contributed by atoms with Crippen LogP contribution in [0, 0.1) is 0 Å². The molecule has 1 aromatic carbocycles. The van der Waals surface area contributed by atoms with Gasteiger partial charge in [-0.05, 0) is 44.2 Å². The lowest BCUT2D eigenvalue weighted by Crippen LogP contribution is -2.19. The first-order valence-electron chi connectivity index (χ1n) is 6.79. The summed E-state index contributed by atoms with van der Waals surface area (Å²) in [5.74, 6) is 1.57. The minimum atomic E-state index is 0.475. The summed E-state index contributed by atoms with van der Waals surface area (Å²) in [5, 5.41) is 3.20. The first-order valence-corrected chi connectivity index (χ1v) is 6.79. The zero-order valence-electron chi connectivity index (χ0n) is 11.9. The van der Waals surface area contributed by atoms with E-state index in [9.17, 15) is 0 Å². The van der Waals surface area contributed by atoms with Crippen LogP contribution in [0.2, 0.25) is 0 Å². The number of nitrogens with one attached hydrogen (secondary N) is 1.